The lowest BCUT2D eigenvalue weighted by molar-refractivity contribution is 0.453. The summed E-state index contributed by atoms with van der Waals surface area (Å²) >= 11 is 0. The summed E-state index contributed by atoms with van der Waals surface area (Å²) in [5, 5.41) is 2.95. The summed E-state index contributed by atoms with van der Waals surface area (Å²) in [7, 11) is -1.87. The van der Waals surface area contributed by atoms with Gasteiger partial charge in [-0.05, 0) is 25.1 Å². The van der Waals surface area contributed by atoms with Gasteiger partial charge in [-0.3, -0.25) is 0 Å². The van der Waals surface area contributed by atoms with Crippen molar-refractivity contribution in [1.82, 2.24) is 5.32 Å². The number of rotatable bonds is 5. The molecular formula is C12H18FNO2S. The third-order valence-electron chi connectivity index (χ3n) is 2.75. The van der Waals surface area contributed by atoms with Crippen LogP contribution in [-0.4, -0.2) is 27.3 Å². The molecule has 0 heterocycles. The predicted octanol–water partition coefficient (Wildman–Crippen LogP) is 1.84. The fraction of sp³-hybridized carbons (Fsp3) is 0.500. The van der Waals surface area contributed by atoms with Crippen molar-refractivity contribution in [2.24, 2.45) is 5.92 Å². The molecule has 0 spiro atoms. The van der Waals surface area contributed by atoms with E-state index in [9.17, 15) is 12.8 Å². The minimum absolute atomic E-state index is 0.0951. The van der Waals surface area contributed by atoms with Crippen LogP contribution in [0.1, 0.15) is 13.8 Å². The van der Waals surface area contributed by atoms with Crippen LogP contribution < -0.4 is 5.32 Å². The molecule has 1 rings (SSSR count). The van der Waals surface area contributed by atoms with Gasteiger partial charge in [0, 0.05) is 6.04 Å². The molecule has 0 amide bonds. The summed E-state index contributed by atoms with van der Waals surface area (Å²) < 4.78 is 37.5. The van der Waals surface area contributed by atoms with Crippen LogP contribution in [0, 0.1) is 11.7 Å². The molecule has 1 aromatic rings. The standard InChI is InChI=1S/C12H18FNO2S/c1-9(2)11(14-3)8-17(15,16)12-7-5-4-6-10(12)13/h4-7,9,11,14H,8H2,1-3H3. The summed E-state index contributed by atoms with van der Waals surface area (Å²) in [5.74, 6) is -0.616. The maximum absolute atomic E-state index is 13.4. The van der Waals surface area contributed by atoms with Gasteiger partial charge in [0.25, 0.3) is 0 Å². The number of benzene rings is 1. The molecule has 0 saturated heterocycles. The zero-order chi connectivity index (χ0) is 13.1. The van der Waals surface area contributed by atoms with E-state index in [1.165, 1.54) is 18.2 Å². The molecule has 1 N–H and O–H groups in total. The van der Waals surface area contributed by atoms with Gasteiger partial charge in [-0.1, -0.05) is 26.0 Å². The molecule has 0 aliphatic carbocycles. The number of halogens is 1. The first kappa shape index (κ1) is 14.1. The zero-order valence-electron chi connectivity index (χ0n) is 10.3. The molecule has 0 saturated carbocycles. The Morgan fingerprint density at radius 3 is 2.35 bits per heavy atom. The summed E-state index contributed by atoms with van der Waals surface area (Å²) in [6.07, 6.45) is 0. The van der Waals surface area contributed by atoms with Gasteiger partial charge in [-0.25, -0.2) is 12.8 Å². The van der Waals surface area contributed by atoms with Crippen molar-refractivity contribution in [1.29, 1.82) is 0 Å². The van der Waals surface area contributed by atoms with Crippen molar-refractivity contribution in [3.63, 3.8) is 0 Å². The van der Waals surface area contributed by atoms with Crippen LogP contribution in [0.4, 0.5) is 4.39 Å². The Labute approximate surface area is 102 Å². The molecule has 1 aromatic carbocycles. The normalized spacial score (nSPS) is 13.9. The average Bonchev–Trinajstić information content (AvgIpc) is 2.26. The minimum atomic E-state index is -3.58. The number of nitrogens with one attached hydrogen (secondary N) is 1. The molecule has 17 heavy (non-hydrogen) atoms. The molecule has 0 radical (unpaired) electrons. The molecule has 1 unspecified atom stereocenters. The van der Waals surface area contributed by atoms with Crippen LogP contribution in [0.15, 0.2) is 29.2 Å². The minimum Gasteiger partial charge on any atom is -0.316 e. The van der Waals surface area contributed by atoms with E-state index in [4.69, 9.17) is 0 Å². The number of hydrogen-bond acceptors (Lipinski definition) is 3. The fourth-order valence-corrected chi connectivity index (χ4v) is 3.49. The van der Waals surface area contributed by atoms with Gasteiger partial charge >= 0.3 is 0 Å². The highest BCUT2D eigenvalue weighted by atomic mass is 32.2. The quantitative estimate of drug-likeness (QED) is 0.877. The molecule has 3 nitrogen and oxygen atoms in total. The zero-order valence-corrected chi connectivity index (χ0v) is 11.1. The Kier molecular flexibility index (Phi) is 4.65. The first-order valence-corrected chi connectivity index (χ1v) is 7.18. The van der Waals surface area contributed by atoms with Crippen LogP contribution in [-0.2, 0) is 9.84 Å². The van der Waals surface area contributed by atoms with E-state index in [0.29, 0.717) is 0 Å². The first-order valence-electron chi connectivity index (χ1n) is 5.53. The maximum atomic E-state index is 13.4. The molecule has 0 bridgehead atoms. The van der Waals surface area contributed by atoms with Gasteiger partial charge in [-0.2, -0.15) is 0 Å². The Bertz CT molecular complexity index is 471. The van der Waals surface area contributed by atoms with Gasteiger partial charge < -0.3 is 5.32 Å². The van der Waals surface area contributed by atoms with Crippen LogP contribution in [0.5, 0.6) is 0 Å². The van der Waals surface area contributed by atoms with Gasteiger partial charge in [-0.15, -0.1) is 0 Å². The monoisotopic (exact) mass is 259 g/mol. The van der Waals surface area contributed by atoms with E-state index in [0.717, 1.165) is 6.07 Å². The van der Waals surface area contributed by atoms with Crippen LogP contribution in [0.25, 0.3) is 0 Å². The summed E-state index contributed by atoms with van der Waals surface area (Å²) in [6, 6.07) is 5.29. The Hall–Kier alpha value is -0.940. The summed E-state index contributed by atoms with van der Waals surface area (Å²) in [6.45, 7) is 3.86. The molecule has 96 valence electrons. The van der Waals surface area contributed by atoms with E-state index < -0.39 is 15.7 Å². The number of hydrogen-bond donors (Lipinski definition) is 1. The van der Waals surface area contributed by atoms with E-state index in [1.54, 1.807) is 7.05 Å². The van der Waals surface area contributed by atoms with Crippen molar-refractivity contribution < 1.29 is 12.8 Å². The van der Waals surface area contributed by atoms with E-state index in [2.05, 4.69) is 5.32 Å². The van der Waals surface area contributed by atoms with Gasteiger partial charge in [0.15, 0.2) is 9.84 Å². The van der Waals surface area contributed by atoms with E-state index >= 15 is 0 Å². The molecule has 5 heteroatoms. The highest BCUT2D eigenvalue weighted by Crippen LogP contribution is 2.17. The summed E-state index contributed by atoms with van der Waals surface area (Å²) in [4.78, 5) is -0.221. The third-order valence-corrected chi connectivity index (χ3v) is 4.55. The molecule has 0 aliphatic heterocycles. The highest BCUT2D eigenvalue weighted by molar-refractivity contribution is 7.91. The van der Waals surface area contributed by atoms with Crippen LogP contribution in [0.2, 0.25) is 0 Å². The lowest BCUT2D eigenvalue weighted by Crippen LogP contribution is -2.37. The lowest BCUT2D eigenvalue weighted by atomic mass is 10.1. The molecule has 0 fully saturated rings. The van der Waals surface area contributed by atoms with Gasteiger partial charge in [0.2, 0.25) is 0 Å². The summed E-state index contributed by atoms with van der Waals surface area (Å²) in [5.41, 5.74) is 0. The van der Waals surface area contributed by atoms with Crippen molar-refractivity contribution >= 4 is 9.84 Å². The van der Waals surface area contributed by atoms with E-state index in [-0.39, 0.29) is 22.6 Å². The molecular weight excluding hydrogens is 241 g/mol. The van der Waals surface area contributed by atoms with Crippen molar-refractivity contribution in [2.45, 2.75) is 24.8 Å². The van der Waals surface area contributed by atoms with Gasteiger partial charge in [0.05, 0.1) is 5.75 Å². The average molecular weight is 259 g/mol. The second-order valence-electron chi connectivity index (χ2n) is 4.35. The van der Waals surface area contributed by atoms with E-state index in [1.807, 2.05) is 13.8 Å². The molecule has 0 aliphatic rings. The Balaban J connectivity index is 3.01. The van der Waals surface area contributed by atoms with Crippen LogP contribution >= 0.6 is 0 Å². The smallest absolute Gasteiger partial charge is 0.182 e. The largest absolute Gasteiger partial charge is 0.316 e. The van der Waals surface area contributed by atoms with Crippen molar-refractivity contribution in [2.75, 3.05) is 12.8 Å². The second kappa shape index (κ2) is 5.60. The SMILES string of the molecule is CNC(CS(=O)(=O)c1ccccc1F)C(C)C. The predicted molar refractivity (Wildman–Crippen MR) is 66.1 cm³/mol. The first-order chi connectivity index (χ1) is 7.88. The number of sulfone groups is 1. The van der Waals surface area contributed by atoms with Crippen LogP contribution in [0.3, 0.4) is 0 Å². The fourth-order valence-electron chi connectivity index (χ4n) is 1.63. The van der Waals surface area contributed by atoms with Gasteiger partial charge in [0.1, 0.15) is 10.7 Å². The molecule has 1 atom stereocenters. The lowest BCUT2D eigenvalue weighted by Gasteiger charge is -2.20. The highest BCUT2D eigenvalue weighted by Gasteiger charge is 2.24. The molecule has 0 aromatic heterocycles. The topological polar surface area (TPSA) is 46.2 Å². The third kappa shape index (κ3) is 3.51. The van der Waals surface area contributed by atoms with Crippen molar-refractivity contribution in [3.05, 3.63) is 30.1 Å². The Morgan fingerprint density at radius 1 is 1.29 bits per heavy atom. The van der Waals surface area contributed by atoms with Crippen molar-refractivity contribution in [3.8, 4) is 0 Å². The maximum Gasteiger partial charge on any atom is 0.182 e. The Morgan fingerprint density at radius 2 is 1.88 bits per heavy atom. The second-order valence-corrected chi connectivity index (χ2v) is 6.35.